The lowest BCUT2D eigenvalue weighted by Crippen LogP contribution is -2.33. The number of hydrogen-bond acceptors (Lipinski definition) is 2. The molecule has 1 amide bonds. The number of carbonyl (C=O) groups is 2. The van der Waals surface area contributed by atoms with Gasteiger partial charge in [-0.3, -0.25) is 9.59 Å². The van der Waals surface area contributed by atoms with E-state index in [0.29, 0.717) is 18.2 Å². The molecule has 1 unspecified atom stereocenters. The molecule has 1 heterocycles. The minimum absolute atomic E-state index is 0.165. The fraction of sp³-hybridized carbons (Fsp3) is 0.538. The van der Waals surface area contributed by atoms with Gasteiger partial charge < -0.3 is 15.0 Å². The quantitative estimate of drug-likeness (QED) is 0.842. The summed E-state index contributed by atoms with van der Waals surface area (Å²) in [6.07, 6.45) is 4.59. The van der Waals surface area contributed by atoms with Crippen LogP contribution in [0.5, 0.6) is 0 Å². The number of nitrogens with zero attached hydrogens (tertiary/aromatic N) is 1. The molecule has 1 fully saturated rings. The number of amides is 1. The zero-order valence-electron chi connectivity index (χ0n) is 10.7. The van der Waals surface area contributed by atoms with E-state index in [-0.39, 0.29) is 12.5 Å². The van der Waals surface area contributed by atoms with Crippen molar-refractivity contribution in [3.63, 3.8) is 0 Å². The standard InChI is InChI=1S/C13H17BrN2O3/c1-2-8(13(18)19)6-15-12(17)11-5-9(14)7-16(11)10-3-4-10/h5,7-8,10H,2-4,6H2,1H3,(H,15,17)(H,18,19). The van der Waals surface area contributed by atoms with Crippen LogP contribution in [0.2, 0.25) is 0 Å². The van der Waals surface area contributed by atoms with Gasteiger partial charge in [0.2, 0.25) is 0 Å². The van der Waals surface area contributed by atoms with E-state index in [4.69, 9.17) is 5.11 Å². The number of carbonyl (C=O) groups excluding carboxylic acids is 1. The highest BCUT2D eigenvalue weighted by molar-refractivity contribution is 9.10. The van der Waals surface area contributed by atoms with Gasteiger partial charge in [-0.15, -0.1) is 0 Å². The van der Waals surface area contributed by atoms with E-state index in [1.54, 1.807) is 13.0 Å². The number of carboxylic acid groups (broad SMARTS) is 1. The molecule has 1 atom stereocenters. The van der Waals surface area contributed by atoms with Crippen molar-refractivity contribution in [3.05, 3.63) is 22.4 Å². The maximum atomic E-state index is 12.1. The number of halogens is 1. The maximum absolute atomic E-state index is 12.1. The molecule has 0 aromatic carbocycles. The van der Waals surface area contributed by atoms with Crippen LogP contribution in [0, 0.1) is 5.92 Å². The summed E-state index contributed by atoms with van der Waals surface area (Å²) >= 11 is 3.37. The summed E-state index contributed by atoms with van der Waals surface area (Å²) in [5.41, 5.74) is 0.592. The third kappa shape index (κ3) is 3.37. The Bertz CT molecular complexity index is 494. The Balaban J connectivity index is 2.01. The SMILES string of the molecule is CCC(CNC(=O)c1cc(Br)cn1C1CC1)C(=O)O. The second kappa shape index (κ2) is 5.77. The number of aromatic nitrogens is 1. The Morgan fingerprint density at radius 2 is 2.26 bits per heavy atom. The molecule has 0 spiro atoms. The van der Waals surface area contributed by atoms with Crippen LogP contribution in [0.4, 0.5) is 0 Å². The summed E-state index contributed by atoms with van der Waals surface area (Å²) in [5, 5.41) is 11.7. The molecule has 104 valence electrons. The molecule has 1 aromatic rings. The highest BCUT2D eigenvalue weighted by atomic mass is 79.9. The number of hydrogen-bond donors (Lipinski definition) is 2. The fourth-order valence-corrected chi connectivity index (χ4v) is 2.43. The molecule has 5 nitrogen and oxygen atoms in total. The first-order valence-corrected chi connectivity index (χ1v) is 7.20. The van der Waals surface area contributed by atoms with Crippen molar-refractivity contribution in [1.82, 2.24) is 9.88 Å². The molecular formula is C13H17BrN2O3. The Morgan fingerprint density at radius 1 is 1.58 bits per heavy atom. The van der Waals surface area contributed by atoms with Crippen molar-refractivity contribution in [1.29, 1.82) is 0 Å². The third-order valence-electron chi connectivity index (χ3n) is 3.34. The summed E-state index contributed by atoms with van der Waals surface area (Å²) < 4.78 is 2.83. The fourth-order valence-electron chi connectivity index (χ4n) is 2.00. The van der Waals surface area contributed by atoms with E-state index in [1.807, 2.05) is 10.8 Å². The molecule has 1 aromatic heterocycles. The van der Waals surface area contributed by atoms with Crippen LogP contribution >= 0.6 is 15.9 Å². The molecule has 0 bridgehead atoms. The van der Waals surface area contributed by atoms with Gasteiger partial charge >= 0.3 is 5.97 Å². The van der Waals surface area contributed by atoms with E-state index in [9.17, 15) is 9.59 Å². The first-order chi connectivity index (χ1) is 9.02. The third-order valence-corrected chi connectivity index (χ3v) is 3.77. The van der Waals surface area contributed by atoms with Crippen LogP contribution in [0.15, 0.2) is 16.7 Å². The van der Waals surface area contributed by atoms with Crippen LogP contribution in [0.3, 0.4) is 0 Å². The second-order valence-corrected chi connectivity index (χ2v) is 5.75. The van der Waals surface area contributed by atoms with E-state index in [0.717, 1.165) is 17.3 Å². The topological polar surface area (TPSA) is 71.3 Å². The van der Waals surface area contributed by atoms with E-state index >= 15 is 0 Å². The van der Waals surface area contributed by atoms with Gasteiger partial charge in [0.15, 0.2) is 0 Å². The largest absolute Gasteiger partial charge is 0.481 e. The Morgan fingerprint density at radius 3 is 2.79 bits per heavy atom. The van der Waals surface area contributed by atoms with Gasteiger partial charge in [-0.25, -0.2) is 0 Å². The average molecular weight is 329 g/mol. The molecule has 1 saturated carbocycles. The van der Waals surface area contributed by atoms with Gasteiger partial charge in [-0.2, -0.15) is 0 Å². The Labute approximate surface area is 120 Å². The monoisotopic (exact) mass is 328 g/mol. The van der Waals surface area contributed by atoms with E-state index < -0.39 is 11.9 Å². The maximum Gasteiger partial charge on any atom is 0.308 e. The lowest BCUT2D eigenvalue weighted by Gasteiger charge is -2.12. The van der Waals surface area contributed by atoms with Gasteiger partial charge in [-0.05, 0) is 41.3 Å². The van der Waals surface area contributed by atoms with Crippen LogP contribution < -0.4 is 5.32 Å². The van der Waals surface area contributed by atoms with Crippen molar-refractivity contribution >= 4 is 27.8 Å². The highest BCUT2D eigenvalue weighted by Crippen LogP contribution is 2.37. The zero-order valence-corrected chi connectivity index (χ0v) is 12.3. The minimum Gasteiger partial charge on any atom is -0.481 e. The number of aliphatic carboxylic acids is 1. The normalized spacial score (nSPS) is 16.1. The molecule has 1 aliphatic carbocycles. The number of nitrogens with one attached hydrogen (secondary N) is 1. The molecule has 6 heteroatoms. The summed E-state index contributed by atoms with van der Waals surface area (Å²) in [4.78, 5) is 23.0. The van der Waals surface area contributed by atoms with Gasteiger partial charge in [0.05, 0.1) is 5.92 Å². The number of rotatable bonds is 6. The summed E-state index contributed by atoms with van der Waals surface area (Å²) in [5.74, 6) is -1.62. The van der Waals surface area contributed by atoms with Crippen molar-refractivity contribution < 1.29 is 14.7 Å². The average Bonchev–Trinajstić information content (AvgIpc) is 3.12. The summed E-state index contributed by atoms with van der Waals surface area (Å²) in [7, 11) is 0. The Kier molecular flexibility index (Phi) is 4.29. The van der Waals surface area contributed by atoms with Crippen LogP contribution in [-0.2, 0) is 4.79 Å². The van der Waals surface area contributed by atoms with Crippen LogP contribution in [0.25, 0.3) is 0 Å². The lowest BCUT2D eigenvalue weighted by molar-refractivity contribution is -0.141. The summed E-state index contributed by atoms with van der Waals surface area (Å²) in [6, 6.07) is 2.18. The van der Waals surface area contributed by atoms with Crippen LogP contribution in [-0.4, -0.2) is 28.1 Å². The molecule has 1 aliphatic rings. The molecule has 0 aliphatic heterocycles. The second-order valence-electron chi connectivity index (χ2n) is 4.84. The predicted octanol–water partition coefficient (Wildman–Crippen LogP) is 2.43. The molecule has 0 radical (unpaired) electrons. The van der Waals surface area contributed by atoms with Gasteiger partial charge in [0.1, 0.15) is 5.69 Å². The summed E-state index contributed by atoms with van der Waals surface area (Å²) in [6.45, 7) is 1.96. The first kappa shape index (κ1) is 14.1. The molecule has 2 rings (SSSR count). The van der Waals surface area contributed by atoms with Gasteiger partial charge in [0, 0.05) is 23.3 Å². The highest BCUT2D eigenvalue weighted by Gasteiger charge is 2.28. The van der Waals surface area contributed by atoms with Crippen molar-refractivity contribution in [2.45, 2.75) is 32.2 Å². The molecule has 19 heavy (non-hydrogen) atoms. The molecule has 2 N–H and O–H groups in total. The van der Waals surface area contributed by atoms with Crippen molar-refractivity contribution in [2.24, 2.45) is 5.92 Å². The van der Waals surface area contributed by atoms with E-state index in [2.05, 4.69) is 21.2 Å². The van der Waals surface area contributed by atoms with Crippen molar-refractivity contribution in [3.8, 4) is 0 Å². The van der Waals surface area contributed by atoms with Crippen molar-refractivity contribution in [2.75, 3.05) is 6.54 Å². The zero-order chi connectivity index (χ0) is 14.0. The smallest absolute Gasteiger partial charge is 0.308 e. The van der Waals surface area contributed by atoms with Gasteiger partial charge in [0.25, 0.3) is 5.91 Å². The number of carboxylic acids is 1. The lowest BCUT2D eigenvalue weighted by atomic mass is 10.1. The van der Waals surface area contributed by atoms with Gasteiger partial charge in [-0.1, -0.05) is 6.92 Å². The van der Waals surface area contributed by atoms with Crippen LogP contribution in [0.1, 0.15) is 42.7 Å². The molecular weight excluding hydrogens is 312 g/mol. The Hall–Kier alpha value is -1.30. The molecule has 0 saturated heterocycles. The first-order valence-electron chi connectivity index (χ1n) is 6.41. The predicted molar refractivity (Wildman–Crippen MR) is 74.2 cm³/mol. The minimum atomic E-state index is -0.874. The van der Waals surface area contributed by atoms with E-state index in [1.165, 1.54) is 0 Å².